The molecule has 1 heterocycles. The van der Waals surface area contributed by atoms with Gasteiger partial charge in [0.1, 0.15) is 0 Å². The van der Waals surface area contributed by atoms with Crippen LogP contribution < -0.4 is 0 Å². The van der Waals surface area contributed by atoms with E-state index in [2.05, 4.69) is 48.6 Å². The third-order valence-electron chi connectivity index (χ3n) is 6.13. The molecule has 0 saturated carbocycles. The second-order valence-electron chi connectivity index (χ2n) is 6.65. The van der Waals surface area contributed by atoms with Crippen molar-refractivity contribution in [2.24, 2.45) is 11.8 Å². The number of rotatable bonds is 5. The van der Waals surface area contributed by atoms with Gasteiger partial charge in [0.2, 0.25) is 0 Å². The van der Waals surface area contributed by atoms with E-state index >= 15 is 0 Å². The van der Waals surface area contributed by atoms with Gasteiger partial charge in [-0.25, -0.2) is 0 Å². The molecule has 102 valence electrons. The third kappa shape index (κ3) is 2.41. The van der Waals surface area contributed by atoms with E-state index in [0.29, 0.717) is 0 Å². The maximum absolute atomic E-state index is 2.53. The van der Waals surface area contributed by atoms with Crippen molar-refractivity contribution in [2.75, 3.05) is 7.05 Å². The number of hydrogen-bond acceptors (Lipinski definition) is 0. The van der Waals surface area contributed by atoms with Gasteiger partial charge in [-0.2, -0.15) is 0 Å². The summed E-state index contributed by atoms with van der Waals surface area (Å²) in [6.45, 7) is 14.6. The summed E-state index contributed by atoms with van der Waals surface area (Å²) in [5.41, 5.74) is 0. The second-order valence-corrected chi connectivity index (χ2v) is 6.65. The maximum Gasteiger partial charge on any atom is 0.0920 e. The molecule has 0 bridgehead atoms. The van der Waals surface area contributed by atoms with Crippen molar-refractivity contribution < 1.29 is 4.48 Å². The van der Waals surface area contributed by atoms with E-state index in [9.17, 15) is 0 Å². The first-order valence-electron chi connectivity index (χ1n) is 7.76. The molecule has 0 amide bonds. The lowest BCUT2D eigenvalue weighted by molar-refractivity contribution is -0.965. The molecule has 0 aromatic carbocycles. The molecule has 1 saturated heterocycles. The van der Waals surface area contributed by atoms with Crippen LogP contribution in [0, 0.1) is 11.8 Å². The lowest BCUT2D eigenvalue weighted by atomic mass is 9.90. The molecule has 1 heteroatoms. The van der Waals surface area contributed by atoms with E-state index in [0.717, 1.165) is 30.0 Å². The predicted molar refractivity (Wildman–Crippen MR) is 77.0 cm³/mol. The quantitative estimate of drug-likeness (QED) is 0.622. The van der Waals surface area contributed by atoms with Crippen LogP contribution in [-0.2, 0) is 0 Å². The van der Waals surface area contributed by atoms with E-state index in [1.54, 1.807) is 0 Å². The van der Waals surface area contributed by atoms with E-state index in [1.807, 2.05) is 0 Å². The van der Waals surface area contributed by atoms with Gasteiger partial charge >= 0.3 is 0 Å². The molecule has 6 unspecified atom stereocenters. The zero-order valence-corrected chi connectivity index (χ0v) is 13.2. The van der Waals surface area contributed by atoms with Crippen molar-refractivity contribution in [1.82, 2.24) is 0 Å². The topological polar surface area (TPSA) is 0 Å². The molecule has 17 heavy (non-hydrogen) atoms. The van der Waals surface area contributed by atoms with Crippen LogP contribution >= 0.6 is 0 Å². The van der Waals surface area contributed by atoms with Crippen LogP contribution in [0.3, 0.4) is 0 Å². The molecule has 1 aliphatic rings. The Morgan fingerprint density at radius 3 is 2.12 bits per heavy atom. The van der Waals surface area contributed by atoms with Gasteiger partial charge in [0.15, 0.2) is 0 Å². The van der Waals surface area contributed by atoms with Crippen LogP contribution in [0.15, 0.2) is 0 Å². The number of nitrogens with zero attached hydrogens (tertiary/aromatic N) is 1. The fourth-order valence-electron chi connectivity index (χ4n) is 4.38. The van der Waals surface area contributed by atoms with Gasteiger partial charge in [0.25, 0.3) is 0 Å². The van der Waals surface area contributed by atoms with E-state index in [4.69, 9.17) is 0 Å². The summed E-state index contributed by atoms with van der Waals surface area (Å²) in [6, 6.07) is 2.51. The summed E-state index contributed by atoms with van der Waals surface area (Å²) < 4.78 is 1.32. The molecule has 1 fully saturated rings. The predicted octanol–water partition coefficient (Wildman–Crippen LogP) is 4.46. The largest absolute Gasteiger partial charge is 0.319 e. The highest BCUT2D eigenvalue weighted by molar-refractivity contribution is 4.85. The van der Waals surface area contributed by atoms with Gasteiger partial charge in [-0.15, -0.1) is 0 Å². The Balaban J connectivity index is 2.89. The van der Waals surface area contributed by atoms with Crippen LogP contribution in [0.1, 0.15) is 67.2 Å². The van der Waals surface area contributed by atoms with Crippen molar-refractivity contribution >= 4 is 0 Å². The first kappa shape index (κ1) is 15.0. The van der Waals surface area contributed by atoms with Crippen LogP contribution in [-0.4, -0.2) is 29.7 Å². The minimum atomic E-state index is 0.821. The van der Waals surface area contributed by atoms with Gasteiger partial charge in [0, 0.05) is 11.8 Å². The van der Waals surface area contributed by atoms with Gasteiger partial charge in [0.05, 0.1) is 25.2 Å². The Kier molecular flexibility index (Phi) is 5.07. The average molecular weight is 240 g/mol. The lowest BCUT2D eigenvalue weighted by Gasteiger charge is -2.46. The molecule has 0 aromatic rings. The molecular weight excluding hydrogens is 206 g/mol. The highest BCUT2D eigenvalue weighted by atomic mass is 15.4. The van der Waals surface area contributed by atoms with Crippen LogP contribution in [0.5, 0.6) is 0 Å². The van der Waals surface area contributed by atoms with Crippen molar-refractivity contribution in [3.8, 4) is 0 Å². The first-order valence-corrected chi connectivity index (χ1v) is 7.76. The van der Waals surface area contributed by atoms with E-state index < -0.39 is 0 Å². The molecule has 1 nitrogen and oxygen atoms in total. The zero-order valence-electron chi connectivity index (χ0n) is 13.2. The van der Waals surface area contributed by atoms with Gasteiger partial charge in [-0.1, -0.05) is 34.1 Å². The SMILES string of the molecule is CCCCC(C)[N+]1(C)C(C)C(C)C(C)C1CC. The molecule has 0 spiro atoms. The Bertz CT molecular complexity index is 238. The average Bonchev–Trinajstić information content (AvgIpc) is 2.49. The maximum atomic E-state index is 2.53. The summed E-state index contributed by atoms with van der Waals surface area (Å²) in [4.78, 5) is 0. The van der Waals surface area contributed by atoms with Crippen molar-refractivity contribution in [1.29, 1.82) is 0 Å². The van der Waals surface area contributed by atoms with Crippen LogP contribution in [0.25, 0.3) is 0 Å². The van der Waals surface area contributed by atoms with Gasteiger partial charge in [-0.3, -0.25) is 0 Å². The monoisotopic (exact) mass is 240 g/mol. The summed E-state index contributed by atoms with van der Waals surface area (Å²) >= 11 is 0. The Morgan fingerprint density at radius 1 is 1.06 bits per heavy atom. The molecule has 1 aliphatic heterocycles. The molecule has 0 aliphatic carbocycles. The Labute approximate surface area is 109 Å². The van der Waals surface area contributed by atoms with Crippen molar-refractivity contribution in [3.05, 3.63) is 0 Å². The molecule has 0 N–H and O–H groups in total. The number of likely N-dealkylation sites (tertiary alicyclic amines) is 1. The zero-order chi connectivity index (χ0) is 13.2. The van der Waals surface area contributed by atoms with Gasteiger partial charge < -0.3 is 4.48 Å². The molecular formula is C16H34N+. The molecule has 1 rings (SSSR count). The summed E-state index contributed by atoms with van der Waals surface area (Å²) in [5.74, 6) is 1.75. The van der Waals surface area contributed by atoms with Crippen LogP contribution in [0.2, 0.25) is 0 Å². The lowest BCUT2D eigenvalue weighted by Crippen LogP contribution is -2.58. The Morgan fingerprint density at radius 2 is 1.65 bits per heavy atom. The normalized spacial score (nSPS) is 43.9. The standard InChI is InChI=1S/C16H34N/c1-8-10-11-12(3)17(7)15(6)13(4)14(5)16(17)9-2/h12-16H,8-11H2,1-7H3/q+1. The number of quaternary nitrogens is 1. The minimum absolute atomic E-state index is 0.821. The fourth-order valence-corrected chi connectivity index (χ4v) is 4.38. The fraction of sp³-hybridized carbons (Fsp3) is 1.00. The molecule has 6 atom stereocenters. The van der Waals surface area contributed by atoms with Crippen molar-refractivity contribution in [2.45, 2.75) is 85.4 Å². The van der Waals surface area contributed by atoms with Crippen LogP contribution in [0.4, 0.5) is 0 Å². The van der Waals surface area contributed by atoms with E-state index in [-0.39, 0.29) is 0 Å². The van der Waals surface area contributed by atoms with E-state index in [1.165, 1.54) is 30.2 Å². The highest BCUT2D eigenvalue weighted by Crippen LogP contribution is 2.44. The third-order valence-corrected chi connectivity index (χ3v) is 6.13. The first-order chi connectivity index (χ1) is 7.91. The second kappa shape index (κ2) is 5.73. The summed E-state index contributed by atoms with van der Waals surface area (Å²) in [5, 5.41) is 0. The molecule has 0 aromatic heterocycles. The van der Waals surface area contributed by atoms with Gasteiger partial charge in [-0.05, 0) is 33.1 Å². The van der Waals surface area contributed by atoms with Crippen molar-refractivity contribution in [3.63, 3.8) is 0 Å². The Hall–Kier alpha value is -0.0400. The highest BCUT2D eigenvalue weighted by Gasteiger charge is 2.53. The minimum Gasteiger partial charge on any atom is -0.319 e. The summed E-state index contributed by atoms with van der Waals surface area (Å²) in [6.07, 6.45) is 5.46. The number of unbranched alkanes of at least 4 members (excludes halogenated alkanes) is 1. The smallest absolute Gasteiger partial charge is 0.0920 e. The molecule has 0 radical (unpaired) electrons. The number of hydrogen-bond donors (Lipinski definition) is 0. The summed E-state index contributed by atoms with van der Waals surface area (Å²) in [7, 11) is 2.53.